The van der Waals surface area contributed by atoms with Crippen molar-refractivity contribution < 1.29 is 13.9 Å². The third kappa shape index (κ3) is 4.87. The van der Waals surface area contributed by atoms with Crippen molar-refractivity contribution in [2.75, 3.05) is 33.3 Å². The predicted octanol–water partition coefficient (Wildman–Crippen LogP) is 4.19. The highest BCUT2D eigenvalue weighted by Crippen LogP contribution is 2.20. The van der Waals surface area contributed by atoms with Crippen LogP contribution in [0.4, 0.5) is 0 Å². The first kappa shape index (κ1) is 19.3. The van der Waals surface area contributed by atoms with Crippen LogP contribution in [0.1, 0.15) is 17.7 Å². The van der Waals surface area contributed by atoms with Crippen LogP contribution >= 0.6 is 0 Å². The van der Waals surface area contributed by atoms with E-state index in [1.54, 1.807) is 19.3 Å². The first-order valence-corrected chi connectivity index (χ1v) is 10.0. The molecule has 1 aliphatic rings. The highest BCUT2D eigenvalue weighted by atomic mass is 16.5. The minimum Gasteiger partial charge on any atom is -0.497 e. The summed E-state index contributed by atoms with van der Waals surface area (Å²) in [5.74, 6) is 1.62. The van der Waals surface area contributed by atoms with Gasteiger partial charge in [-0.05, 0) is 42.3 Å². The molecular formula is C24H26N2O3. The Morgan fingerprint density at radius 2 is 1.90 bits per heavy atom. The van der Waals surface area contributed by atoms with Crippen molar-refractivity contribution in [2.45, 2.75) is 13.0 Å². The van der Waals surface area contributed by atoms with E-state index in [1.165, 1.54) is 5.56 Å². The van der Waals surface area contributed by atoms with Gasteiger partial charge in [0.2, 0.25) is 5.91 Å². The molecule has 0 spiro atoms. The quantitative estimate of drug-likeness (QED) is 0.613. The second-order valence-corrected chi connectivity index (χ2v) is 7.32. The summed E-state index contributed by atoms with van der Waals surface area (Å²) in [6, 6.07) is 18.0. The number of para-hydroxylation sites is 1. The third-order valence-electron chi connectivity index (χ3n) is 5.30. The molecule has 0 radical (unpaired) electrons. The lowest BCUT2D eigenvalue weighted by Gasteiger charge is -2.21. The summed E-state index contributed by atoms with van der Waals surface area (Å²) in [5.41, 5.74) is 2.10. The van der Waals surface area contributed by atoms with E-state index in [-0.39, 0.29) is 5.91 Å². The zero-order chi connectivity index (χ0) is 20.1. The van der Waals surface area contributed by atoms with Crippen LogP contribution in [0, 0.1) is 0 Å². The van der Waals surface area contributed by atoms with Crippen molar-refractivity contribution in [2.24, 2.45) is 0 Å². The highest BCUT2D eigenvalue weighted by Gasteiger charge is 2.17. The minimum absolute atomic E-state index is 0.0387. The lowest BCUT2D eigenvalue weighted by molar-refractivity contribution is -0.125. The standard InChI is InChI=1S/C24H26N2O3/c1-28-21-9-7-19(8-10-21)18-25-13-4-14-26(16-15-25)24(27)12-11-22-17-20-5-2-3-6-23(20)29-22/h2-3,5-12,17H,4,13-16,18H2,1H3/b12-11+. The molecule has 1 saturated heterocycles. The zero-order valence-corrected chi connectivity index (χ0v) is 16.7. The lowest BCUT2D eigenvalue weighted by atomic mass is 10.2. The smallest absolute Gasteiger partial charge is 0.246 e. The average Bonchev–Trinajstić information content (AvgIpc) is 3.03. The van der Waals surface area contributed by atoms with Crippen molar-refractivity contribution >= 4 is 23.0 Å². The number of amides is 1. The van der Waals surface area contributed by atoms with Crippen LogP contribution in [0.25, 0.3) is 17.0 Å². The van der Waals surface area contributed by atoms with Gasteiger partial charge in [-0.25, -0.2) is 0 Å². The van der Waals surface area contributed by atoms with Crippen LogP contribution in [0.15, 0.2) is 65.1 Å². The van der Waals surface area contributed by atoms with E-state index in [1.807, 2.05) is 47.4 Å². The topological polar surface area (TPSA) is 45.9 Å². The molecule has 0 unspecified atom stereocenters. The van der Waals surface area contributed by atoms with Crippen LogP contribution in [0.5, 0.6) is 5.75 Å². The van der Waals surface area contributed by atoms with Crippen molar-refractivity contribution in [3.63, 3.8) is 0 Å². The van der Waals surface area contributed by atoms with Gasteiger partial charge in [0.25, 0.3) is 0 Å². The van der Waals surface area contributed by atoms with Crippen LogP contribution in [0.3, 0.4) is 0 Å². The Kier molecular flexibility index (Phi) is 5.96. The van der Waals surface area contributed by atoms with E-state index >= 15 is 0 Å². The fourth-order valence-corrected chi connectivity index (χ4v) is 3.68. The van der Waals surface area contributed by atoms with Gasteiger partial charge in [-0.15, -0.1) is 0 Å². The maximum atomic E-state index is 12.6. The first-order chi connectivity index (χ1) is 14.2. The van der Waals surface area contributed by atoms with Crippen molar-refractivity contribution in [1.82, 2.24) is 9.80 Å². The molecule has 4 rings (SSSR count). The number of hydrogen-bond donors (Lipinski definition) is 0. The Labute approximate surface area is 171 Å². The molecule has 1 aromatic heterocycles. The van der Waals surface area contributed by atoms with Gasteiger partial charge in [-0.2, -0.15) is 0 Å². The Morgan fingerprint density at radius 1 is 1.07 bits per heavy atom. The fourth-order valence-electron chi connectivity index (χ4n) is 3.68. The lowest BCUT2D eigenvalue weighted by Crippen LogP contribution is -2.34. The summed E-state index contributed by atoms with van der Waals surface area (Å²) in [7, 11) is 1.68. The number of fused-ring (bicyclic) bond motifs is 1. The van der Waals surface area contributed by atoms with E-state index in [0.717, 1.165) is 55.9 Å². The number of ether oxygens (including phenoxy) is 1. The molecule has 0 atom stereocenters. The molecule has 0 N–H and O–H groups in total. The van der Waals surface area contributed by atoms with Crippen LogP contribution in [-0.2, 0) is 11.3 Å². The summed E-state index contributed by atoms with van der Waals surface area (Å²) in [5, 5.41) is 1.04. The maximum Gasteiger partial charge on any atom is 0.246 e. The van der Waals surface area contributed by atoms with Crippen LogP contribution < -0.4 is 4.74 Å². The van der Waals surface area contributed by atoms with Gasteiger partial charge in [0.15, 0.2) is 0 Å². The van der Waals surface area contributed by atoms with Crippen LogP contribution in [0.2, 0.25) is 0 Å². The molecule has 29 heavy (non-hydrogen) atoms. The molecular weight excluding hydrogens is 364 g/mol. The Morgan fingerprint density at radius 3 is 2.69 bits per heavy atom. The molecule has 1 amide bonds. The second kappa shape index (κ2) is 8.97. The Hall–Kier alpha value is -3.05. The van der Waals surface area contributed by atoms with Crippen molar-refractivity contribution in [1.29, 1.82) is 0 Å². The van der Waals surface area contributed by atoms with E-state index < -0.39 is 0 Å². The number of benzene rings is 2. The molecule has 2 heterocycles. The van der Waals surface area contributed by atoms with Gasteiger partial charge in [-0.1, -0.05) is 30.3 Å². The number of nitrogens with zero attached hydrogens (tertiary/aromatic N) is 2. The number of hydrogen-bond acceptors (Lipinski definition) is 4. The second-order valence-electron chi connectivity index (χ2n) is 7.32. The molecule has 1 aliphatic heterocycles. The largest absolute Gasteiger partial charge is 0.497 e. The van der Waals surface area contributed by atoms with Gasteiger partial charge < -0.3 is 14.1 Å². The van der Waals surface area contributed by atoms with E-state index in [2.05, 4.69) is 17.0 Å². The van der Waals surface area contributed by atoms with Gasteiger partial charge in [0.1, 0.15) is 17.1 Å². The first-order valence-electron chi connectivity index (χ1n) is 10.0. The molecule has 3 aromatic rings. The molecule has 0 saturated carbocycles. The zero-order valence-electron chi connectivity index (χ0n) is 16.7. The molecule has 150 valence electrons. The molecule has 1 fully saturated rings. The van der Waals surface area contributed by atoms with Gasteiger partial charge in [0.05, 0.1) is 7.11 Å². The molecule has 5 heteroatoms. The third-order valence-corrected chi connectivity index (χ3v) is 5.30. The normalized spacial score (nSPS) is 15.7. The summed E-state index contributed by atoms with van der Waals surface area (Å²) in [6.07, 6.45) is 4.36. The Bertz CT molecular complexity index is 958. The van der Waals surface area contributed by atoms with Crippen molar-refractivity contribution in [3.8, 4) is 5.75 Å². The monoisotopic (exact) mass is 390 g/mol. The fraction of sp³-hybridized carbons (Fsp3) is 0.292. The van der Waals surface area contributed by atoms with E-state index in [4.69, 9.17) is 9.15 Å². The Balaban J connectivity index is 1.32. The van der Waals surface area contributed by atoms with Crippen LogP contribution in [-0.4, -0.2) is 49.0 Å². The summed E-state index contributed by atoms with van der Waals surface area (Å²) in [4.78, 5) is 17.0. The summed E-state index contributed by atoms with van der Waals surface area (Å²) in [6.45, 7) is 4.27. The van der Waals surface area contributed by atoms with Crippen molar-refractivity contribution in [3.05, 3.63) is 72.0 Å². The number of carbonyl (C=O) groups excluding carboxylic acids is 1. The van der Waals surface area contributed by atoms with Gasteiger partial charge in [-0.3, -0.25) is 9.69 Å². The molecule has 0 bridgehead atoms. The molecule has 5 nitrogen and oxygen atoms in total. The number of methoxy groups -OCH3 is 1. The number of carbonyl (C=O) groups is 1. The minimum atomic E-state index is 0.0387. The molecule has 2 aromatic carbocycles. The van der Waals surface area contributed by atoms with Gasteiger partial charge in [0, 0.05) is 44.2 Å². The SMILES string of the molecule is COc1ccc(CN2CCCN(C(=O)/C=C/c3cc4ccccc4o3)CC2)cc1. The predicted molar refractivity (Wildman–Crippen MR) is 115 cm³/mol. The number of furan rings is 1. The molecule has 0 aliphatic carbocycles. The average molecular weight is 390 g/mol. The summed E-state index contributed by atoms with van der Waals surface area (Å²) < 4.78 is 11.0. The highest BCUT2D eigenvalue weighted by molar-refractivity contribution is 5.92. The van der Waals surface area contributed by atoms with E-state index in [9.17, 15) is 4.79 Å². The summed E-state index contributed by atoms with van der Waals surface area (Å²) >= 11 is 0. The van der Waals surface area contributed by atoms with Gasteiger partial charge >= 0.3 is 0 Å². The maximum absolute atomic E-state index is 12.6. The number of rotatable bonds is 5. The van der Waals surface area contributed by atoms with E-state index in [0.29, 0.717) is 5.76 Å².